The molecule has 0 atom stereocenters. The number of aromatic nitrogens is 1. The van der Waals surface area contributed by atoms with Crippen molar-refractivity contribution in [2.75, 3.05) is 11.4 Å². The SMILES string of the molecule is Cc1ccc2c(c1)CCCN2C(=O)c1cnc(C)cc1Cl. The second kappa shape index (κ2) is 5.49. The monoisotopic (exact) mass is 300 g/mol. The van der Waals surface area contributed by atoms with Crippen molar-refractivity contribution in [2.45, 2.75) is 26.7 Å². The van der Waals surface area contributed by atoms with E-state index in [0.29, 0.717) is 10.6 Å². The summed E-state index contributed by atoms with van der Waals surface area (Å²) in [5.41, 5.74) is 4.72. The van der Waals surface area contributed by atoms with Crippen molar-refractivity contribution >= 4 is 23.2 Å². The van der Waals surface area contributed by atoms with Gasteiger partial charge in [0.05, 0.1) is 10.6 Å². The quantitative estimate of drug-likeness (QED) is 0.799. The minimum absolute atomic E-state index is 0.0719. The molecule has 1 aromatic heterocycles. The largest absolute Gasteiger partial charge is 0.308 e. The molecule has 21 heavy (non-hydrogen) atoms. The standard InChI is InChI=1S/C17H17ClN2O/c1-11-5-6-16-13(8-11)4-3-7-20(16)17(21)14-10-19-12(2)9-15(14)18/h5-6,8-10H,3-4,7H2,1-2H3. The highest BCUT2D eigenvalue weighted by Crippen LogP contribution is 2.30. The van der Waals surface area contributed by atoms with Crippen molar-refractivity contribution in [2.24, 2.45) is 0 Å². The molecular formula is C17H17ClN2O. The highest BCUT2D eigenvalue weighted by Gasteiger charge is 2.25. The van der Waals surface area contributed by atoms with Gasteiger partial charge < -0.3 is 4.90 Å². The molecule has 3 nitrogen and oxygen atoms in total. The number of rotatable bonds is 1. The highest BCUT2D eigenvalue weighted by atomic mass is 35.5. The summed E-state index contributed by atoms with van der Waals surface area (Å²) in [7, 11) is 0. The molecule has 0 saturated heterocycles. The van der Waals surface area contributed by atoms with Crippen molar-refractivity contribution in [1.82, 2.24) is 4.98 Å². The van der Waals surface area contributed by atoms with Gasteiger partial charge in [-0.3, -0.25) is 9.78 Å². The van der Waals surface area contributed by atoms with Crippen molar-refractivity contribution in [3.05, 3.63) is 57.9 Å². The van der Waals surface area contributed by atoms with E-state index in [2.05, 4.69) is 18.0 Å². The second-order valence-corrected chi connectivity index (χ2v) is 5.91. The lowest BCUT2D eigenvalue weighted by Gasteiger charge is -2.30. The molecule has 1 aromatic carbocycles. The number of fused-ring (bicyclic) bond motifs is 1. The maximum absolute atomic E-state index is 12.8. The van der Waals surface area contributed by atoms with Crippen molar-refractivity contribution in [3.8, 4) is 0 Å². The molecule has 0 aliphatic carbocycles. The van der Waals surface area contributed by atoms with Crippen LogP contribution in [-0.4, -0.2) is 17.4 Å². The topological polar surface area (TPSA) is 33.2 Å². The van der Waals surface area contributed by atoms with E-state index >= 15 is 0 Å². The Hall–Kier alpha value is -1.87. The molecule has 2 aromatic rings. The molecule has 1 aliphatic rings. The van der Waals surface area contributed by atoms with E-state index in [4.69, 9.17) is 11.6 Å². The highest BCUT2D eigenvalue weighted by molar-refractivity contribution is 6.34. The average Bonchev–Trinajstić information content (AvgIpc) is 2.45. The Bertz CT molecular complexity index is 712. The first-order valence-electron chi connectivity index (χ1n) is 7.10. The van der Waals surface area contributed by atoms with Gasteiger partial charge in [0.2, 0.25) is 0 Å². The molecule has 0 unspecified atom stereocenters. The van der Waals surface area contributed by atoms with E-state index < -0.39 is 0 Å². The lowest BCUT2D eigenvalue weighted by Crippen LogP contribution is -2.35. The number of amides is 1. The van der Waals surface area contributed by atoms with Gasteiger partial charge in [0.25, 0.3) is 5.91 Å². The van der Waals surface area contributed by atoms with Crippen molar-refractivity contribution in [3.63, 3.8) is 0 Å². The lowest BCUT2D eigenvalue weighted by molar-refractivity contribution is 0.0985. The molecule has 0 saturated carbocycles. The number of hydrogen-bond acceptors (Lipinski definition) is 2. The van der Waals surface area contributed by atoms with Gasteiger partial charge in [0.1, 0.15) is 0 Å². The number of pyridine rings is 1. The maximum Gasteiger partial charge on any atom is 0.261 e. The Morgan fingerprint density at radius 2 is 2.10 bits per heavy atom. The van der Waals surface area contributed by atoms with Gasteiger partial charge >= 0.3 is 0 Å². The van der Waals surface area contributed by atoms with Crippen LogP contribution >= 0.6 is 11.6 Å². The van der Waals surface area contributed by atoms with E-state index in [0.717, 1.165) is 30.8 Å². The molecule has 0 radical (unpaired) electrons. The van der Waals surface area contributed by atoms with E-state index in [1.54, 1.807) is 12.3 Å². The number of hydrogen-bond donors (Lipinski definition) is 0. The summed E-state index contributed by atoms with van der Waals surface area (Å²) < 4.78 is 0. The van der Waals surface area contributed by atoms with Gasteiger partial charge in [-0.1, -0.05) is 29.3 Å². The zero-order valence-corrected chi connectivity index (χ0v) is 12.9. The minimum Gasteiger partial charge on any atom is -0.308 e. The number of benzene rings is 1. The fourth-order valence-electron chi connectivity index (χ4n) is 2.77. The van der Waals surface area contributed by atoms with Crippen LogP contribution in [0.3, 0.4) is 0 Å². The number of anilines is 1. The Morgan fingerprint density at radius 3 is 2.86 bits per heavy atom. The van der Waals surface area contributed by atoms with Crippen molar-refractivity contribution in [1.29, 1.82) is 0 Å². The summed E-state index contributed by atoms with van der Waals surface area (Å²) in [6, 6.07) is 7.95. The predicted molar refractivity (Wildman–Crippen MR) is 85.2 cm³/mol. The van der Waals surface area contributed by atoms with Crippen LogP contribution < -0.4 is 4.90 Å². The molecule has 108 valence electrons. The van der Waals surface area contributed by atoms with Crippen LogP contribution in [0, 0.1) is 13.8 Å². The molecule has 0 spiro atoms. The molecule has 1 amide bonds. The molecule has 0 fully saturated rings. The van der Waals surface area contributed by atoms with Gasteiger partial charge in [-0.2, -0.15) is 0 Å². The van der Waals surface area contributed by atoms with Gasteiger partial charge in [-0.05, 0) is 44.4 Å². The van der Waals surface area contributed by atoms with E-state index in [1.807, 2.05) is 24.0 Å². The van der Waals surface area contributed by atoms with Crippen LogP contribution in [-0.2, 0) is 6.42 Å². The second-order valence-electron chi connectivity index (χ2n) is 5.50. The number of carbonyl (C=O) groups excluding carboxylic acids is 1. The number of carbonyl (C=O) groups is 1. The van der Waals surface area contributed by atoms with Gasteiger partial charge in [-0.15, -0.1) is 0 Å². The molecule has 0 bridgehead atoms. The summed E-state index contributed by atoms with van der Waals surface area (Å²) in [5, 5.41) is 0.465. The fraction of sp³-hybridized carbons (Fsp3) is 0.294. The first kappa shape index (κ1) is 14.1. The molecule has 0 N–H and O–H groups in total. The van der Waals surface area contributed by atoms with Crippen molar-refractivity contribution < 1.29 is 4.79 Å². The van der Waals surface area contributed by atoms with E-state index in [1.165, 1.54) is 11.1 Å². The van der Waals surface area contributed by atoms with Gasteiger partial charge in [0, 0.05) is 24.1 Å². The minimum atomic E-state index is -0.0719. The normalized spacial score (nSPS) is 14.0. The third-order valence-electron chi connectivity index (χ3n) is 3.82. The van der Waals surface area contributed by atoms with Crippen LogP contribution in [0.15, 0.2) is 30.5 Å². The van der Waals surface area contributed by atoms with Crippen LogP contribution in [0.25, 0.3) is 0 Å². The average molecular weight is 301 g/mol. The summed E-state index contributed by atoms with van der Waals surface area (Å²) in [6.07, 6.45) is 3.56. The molecule has 2 heterocycles. The Balaban J connectivity index is 2.00. The zero-order valence-electron chi connectivity index (χ0n) is 12.2. The molecule has 1 aliphatic heterocycles. The zero-order chi connectivity index (χ0) is 15.0. The van der Waals surface area contributed by atoms with Gasteiger partial charge in [0.15, 0.2) is 0 Å². The predicted octanol–water partition coefficient (Wildman–Crippen LogP) is 3.94. The van der Waals surface area contributed by atoms with Crippen LogP contribution in [0.4, 0.5) is 5.69 Å². The molecule has 4 heteroatoms. The van der Waals surface area contributed by atoms with Crippen LogP contribution in [0.5, 0.6) is 0 Å². The lowest BCUT2D eigenvalue weighted by atomic mass is 9.99. The Labute approximate surface area is 129 Å². The Morgan fingerprint density at radius 1 is 1.29 bits per heavy atom. The first-order valence-corrected chi connectivity index (χ1v) is 7.47. The number of halogens is 1. The Kier molecular flexibility index (Phi) is 3.68. The third kappa shape index (κ3) is 2.66. The van der Waals surface area contributed by atoms with Crippen LogP contribution in [0.2, 0.25) is 5.02 Å². The summed E-state index contributed by atoms with van der Waals surface area (Å²) in [5.74, 6) is -0.0719. The van der Waals surface area contributed by atoms with E-state index in [-0.39, 0.29) is 5.91 Å². The summed E-state index contributed by atoms with van der Waals surface area (Å²) in [4.78, 5) is 18.8. The summed E-state index contributed by atoms with van der Waals surface area (Å²) >= 11 is 6.21. The molecular weight excluding hydrogens is 284 g/mol. The molecule has 3 rings (SSSR count). The summed E-state index contributed by atoms with van der Waals surface area (Å²) in [6.45, 7) is 4.65. The van der Waals surface area contributed by atoms with Crippen LogP contribution in [0.1, 0.15) is 33.6 Å². The first-order chi connectivity index (χ1) is 10.1. The fourth-order valence-corrected chi connectivity index (χ4v) is 3.05. The smallest absolute Gasteiger partial charge is 0.261 e. The van der Waals surface area contributed by atoms with E-state index in [9.17, 15) is 4.79 Å². The third-order valence-corrected chi connectivity index (χ3v) is 4.13. The number of aryl methyl sites for hydroxylation is 3. The maximum atomic E-state index is 12.8. The number of nitrogens with zero attached hydrogens (tertiary/aromatic N) is 2. The van der Waals surface area contributed by atoms with Gasteiger partial charge in [-0.25, -0.2) is 0 Å².